The molecule has 1 aliphatic heterocycles. The van der Waals surface area contributed by atoms with Crippen LogP contribution in [0.1, 0.15) is 50.5 Å². The van der Waals surface area contributed by atoms with Gasteiger partial charge in [0.25, 0.3) is 0 Å². The quantitative estimate of drug-likeness (QED) is 0.569. The molecule has 1 saturated heterocycles. The van der Waals surface area contributed by atoms with E-state index in [9.17, 15) is 10.1 Å². The van der Waals surface area contributed by atoms with Gasteiger partial charge in [0.1, 0.15) is 6.33 Å². The Morgan fingerprint density at radius 3 is 2.45 bits per heavy atom. The molecule has 2 aliphatic rings. The summed E-state index contributed by atoms with van der Waals surface area (Å²) >= 11 is 0. The Kier molecular flexibility index (Phi) is 6.22. The molecule has 0 bridgehead atoms. The van der Waals surface area contributed by atoms with E-state index in [0.29, 0.717) is 17.6 Å². The largest absolute Gasteiger partial charge is 0.361 e. The zero-order valence-electron chi connectivity index (χ0n) is 16.8. The summed E-state index contributed by atoms with van der Waals surface area (Å²) in [6.45, 7) is 1.58. The van der Waals surface area contributed by atoms with Crippen molar-refractivity contribution in [3.63, 3.8) is 0 Å². The topological polar surface area (TPSA) is 84.2 Å². The van der Waals surface area contributed by atoms with Gasteiger partial charge in [0.05, 0.1) is 4.92 Å². The molecular formula is C22H29N5O2. The molecule has 1 saturated carbocycles. The van der Waals surface area contributed by atoms with Crippen LogP contribution in [0.4, 0.5) is 17.3 Å². The van der Waals surface area contributed by atoms with Crippen molar-refractivity contribution in [3.05, 3.63) is 52.3 Å². The first-order valence-corrected chi connectivity index (χ1v) is 10.8. The van der Waals surface area contributed by atoms with Crippen LogP contribution in [0, 0.1) is 16.0 Å². The molecule has 1 aliphatic carbocycles. The molecule has 7 heteroatoms. The molecule has 154 valence electrons. The van der Waals surface area contributed by atoms with Gasteiger partial charge in [-0.1, -0.05) is 49.6 Å². The average Bonchev–Trinajstić information content (AvgIpc) is 2.75. The van der Waals surface area contributed by atoms with Crippen LogP contribution < -0.4 is 10.2 Å². The number of anilines is 2. The van der Waals surface area contributed by atoms with E-state index in [0.717, 1.165) is 45.2 Å². The highest BCUT2D eigenvalue weighted by molar-refractivity contribution is 5.70. The Morgan fingerprint density at radius 2 is 1.76 bits per heavy atom. The van der Waals surface area contributed by atoms with Gasteiger partial charge in [-0.3, -0.25) is 10.1 Å². The highest BCUT2D eigenvalue weighted by atomic mass is 16.6. The fraction of sp³-hybridized carbons (Fsp3) is 0.545. The molecule has 4 rings (SSSR count). The first kappa shape index (κ1) is 19.6. The lowest BCUT2D eigenvalue weighted by molar-refractivity contribution is -0.383. The fourth-order valence-corrected chi connectivity index (χ4v) is 4.61. The molecule has 0 radical (unpaired) electrons. The van der Waals surface area contributed by atoms with Crippen LogP contribution in [-0.4, -0.2) is 34.0 Å². The Labute approximate surface area is 171 Å². The number of benzene rings is 1. The van der Waals surface area contributed by atoms with Gasteiger partial charge in [-0.2, -0.15) is 0 Å². The van der Waals surface area contributed by atoms with Gasteiger partial charge in [-0.25, -0.2) is 9.97 Å². The predicted molar refractivity (Wildman–Crippen MR) is 114 cm³/mol. The number of nitrogens with one attached hydrogen (secondary N) is 1. The molecule has 0 spiro atoms. The van der Waals surface area contributed by atoms with E-state index in [1.165, 1.54) is 31.2 Å². The standard InChI is InChI=1S/C22H29N5O2/c28-27(29)20-21(25-19-9-5-2-6-10-19)23-16-24-22(20)26-13-11-18(12-14-26)15-17-7-3-1-4-8-17/h1,3-4,7-8,16,18-19H,2,5-6,9-15H2,(H,23,24,25). The fourth-order valence-electron chi connectivity index (χ4n) is 4.61. The first-order chi connectivity index (χ1) is 14.2. The maximum absolute atomic E-state index is 11.9. The molecule has 29 heavy (non-hydrogen) atoms. The highest BCUT2D eigenvalue weighted by Gasteiger charge is 2.30. The molecule has 1 aromatic carbocycles. The molecule has 2 fully saturated rings. The minimum absolute atomic E-state index is 0.0274. The first-order valence-electron chi connectivity index (χ1n) is 10.8. The summed E-state index contributed by atoms with van der Waals surface area (Å²) in [7, 11) is 0. The number of piperidine rings is 1. The van der Waals surface area contributed by atoms with E-state index in [2.05, 4.69) is 44.5 Å². The van der Waals surface area contributed by atoms with Crippen LogP contribution in [0.5, 0.6) is 0 Å². The molecule has 1 aromatic heterocycles. The van der Waals surface area contributed by atoms with Crippen LogP contribution in [0.3, 0.4) is 0 Å². The zero-order chi connectivity index (χ0) is 20.1. The summed E-state index contributed by atoms with van der Waals surface area (Å²) < 4.78 is 0. The number of rotatable bonds is 6. The summed E-state index contributed by atoms with van der Waals surface area (Å²) in [5.74, 6) is 1.44. The van der Waals surface area contributed by atoms with E-state index in [1.54, 1.807) is 0 Å². The Morgan fingerprint density at radius 1 is 1.03 bits per heavy atom. The van der Waals surface area contributed by atoms with Crippen molar-refractivity contribution in [2.75, 3.05) is 23.3 Å². The lowest BCUT2D eigenvalue weighted by Gasteiger charge is -2.32. The lowest BCUT2D eigenvalue weighted by Crippen LogP contribution is -2.35. The van der Waals surface area contributed by atoms with Crippen molar-refractivity contribution in [1.29, 1.82) is 0 Å². The van der Waals surface area contributed by atoms with Crippen LogP contribution in [-0.2, 0) is 6.42 Å². The third-order valence-corrected chi connectivity index (χ3v) is 6.21. The van der Waals surface area contributed by atoms with E-state index >= 15 is 0 Å². The van der Waals surface area contributed by atoms with E-state index in [4.69, 9.17) is 0 Å². The van der Waals surface area contributed by atoms with Crippen LogP contribution in [0.25, 0.3) is 0 Å². The number of hydrogen-bond acceptors (Lipinski definition) is 6. The lowest BCUT2D eigenvalue weighted by atomic mass is 9.90. The Hall–Kier alpha value is -2.70. The van der Waals surface area contributed by atoms with E-state index in [1.807, 2.05) is 6.07 Å². The monoisotopic (exact) mass is 395 g/mol. The summed E-state index contributed by atoms with van der Waals surface area (Å²) in [6.07, 6.45) is 10.2. The molecule has 7 nitrogen and oxygen atoms in total. The zero-order valence-corrected chi connectivity index (χ0v) is 16.8. The van der Waals surface area contributed by atoms with Crippen molar-refractivity contribution < 1.29 is 4.92 Å². The Bertz CT molecular complexity index is 815. The molecule has 1 N–H and O–H groups in total. The average molecular weight is 396 g/mol. The third-order valence-electron chi connectivity index (χ3n) is 6.21. The van der Waals surface area contributed by atoms with E-state index < -0.39 is 0 Å². The van der Waals surface area contributed by atoms with Gasteiger partial charge in [-0.15, -0.1) is 0 Å². The second kappa shape index (κ2) is 9.20. The van der Waals surface area contributed by atoms with Gasteiger partial charge < -0.3 is 10.2 Å². The Balaban J connectivity index is 1.45. The summed E-state index contributed by atoms with van der Waals surface area (Å²) in [6, 6.07) is 10.8. The summed E-state index contributed by atoms with van der Waals surface area (Å²) in [4.78, 5) is 22.2. The van der Waals surface area contributed by atoms with Gasteiger partial charge in [-0.05, 0) is 43.6 Å². The number of nitro groups is 1. The summed E-state index contributed by atoms with van der Waals surface area (Å²) in [5, 5.41) is 15.2. The summed E-state index contributed by atoms with van der Waals surface area (Å²) in [5.41, 5.74) is 1.39. The van der Waals surface area contributed by atoms with Crippen LogP contribution in [0.15, 0.2) is 36.7 Å². The van der Waals surface area contributed by atoms with Crippen LogP contribution in [0.2, 0.25) is 0 Å². The van der Waals surface area contributed by atoms with Crippen molar-refractivity contribution in [1.82, 2.24) is 9.97 Å². The van der Waals surface area contributed by atoms with Crippen molar-refractivity contribution in [3.8, 4) is 0 Å². The third kappa shape index (κ3) is 4.83. The highest BCUT2D eigenvalue weighted by Crippen LogP contribution is 2.35. The number of aromatic nitrogens is 2. The SMILES string of the molecule is O=[N+]([O-])c1c(NC2CCCCC2)ncnc1N1CCC(Cc2ccccc2)CC1. The molecule has 0 unspecified atom stereocenters. The maximum atomic E-state index is 11.9. The number of hydrogen-bond donors (Lipinski definition) is 1. The van der Waals surface area contributed by atoms with Crippen LogP contribution >= 0.6 is 0 Å². The van der Waals surface area contributed by atoms with Crippen molar-refractivity contribution in [2.24, 2.45) is 5.92 Å². The molecule has 2 heterocycles. The normalized spacial score (nSPS) is 18.6. The van der Waals surface area contributed by atoms with Crippen molar-refractivity contribution in [2.45, 2.75) is 57.4 Å². The second-order valence-electron chi connectivity index (χ2n) is 8.25. The van der Waals surface area contributed by atoms with Gasteiger partial charge in [0.15, 0.2) is 0 Å². The smallest absolute Gasteiger partial charge is 0.353 e. The molecular weight excluding hydrogens is 366 g/mol. The number of nitrogens with zero attached hydrogens (tertiary/aromatic N) is 4. The van der Waals surface area contributed by atoms with Gasteiger partial charge in [0, 0.05) is 19.1 Å². The van der Waals surface area contributed by atoms with E-state index in [-0.39, 0.29) is 16.7 Å². The van der Waals surface area contributed by atoms with Gasteiger partial charge >= 0.3 is 5.69 Å². The second-order valence-corrected chi connectivity index (χ2v) is 8.25. The minimum atomic E-state index is -0.323. The minimum Gasteiger partial charge on any atom is -0.361 e. The molecule has 0 atom stereocenters. The maximum Gasteiger partial charge on any atom is 0.353 e. The molecule has 2 aromatic rings. The predicted octanol–water partition coefficient (Wildman–Crippen LogP) is 4.59. The molecule has 0 amide bonds. The van der Waals surface area contributed by atoms with Crippen molar-refractivity contribution >= 4 is 17.3 Å². The van der Waals surface area contributed by atoms with Gasteiger partial charge in [0.2, 0.25) is 11.6 Å².